The first kappa shape index (κ1) is 25.7. The van der Waals surface area contributed by atoms with E-state index in [-0.39, 0.29) is 25.0 Å². The van der Waals surface area contributed by atoms with E-state index in [9.17, 15) is 19.5 Å². The Morgan fingerprint density at radius 3 is 2.57 bits per heavy atom. The molecule has 0 aliphatic carbocycles. The second-order valence-electron chi connectivity index (χ2n) is 10.6. The van der Waals surface area contributed by atoms with Crippen LogP contribution in [0.4, 0.5) is 0 Å². The van der Waals surface area contributed by atoms with E-state index in [1.165, 1.54) is 4.90 Å². The SMILES string of the molecule is CC[C@@]12/C=C\CCCCOC(=O)[C@@H]1[C@H]1C(=O)N([C@H](C)CO)C3C(=O)N(Cc4ccccc4)CC=C[C@@]31O2. The molecule has 1 spiro atoms. The number of cyclic esters (lactones) is 1. The van der Waals surface area contributed by atoms with Gasteiger partial charge in [0.25, 0.3) is 0 Å². The van der Waals surface area contributed by atoms with Crippen molar-refractivity contribution in [3.8, 4) is 0 Å². The molecule has 4 aliphatic rings. The van der Waals surface area contributed by atoms with E-state index in [1.807, 2.05) is 61.6 Å². The highest BCUT2D eigenvalue weighted by atomic mass is 16.6. The number of carbonyl (C=O) groups is 3. The number of likely N-dealkylation sites (tertiary alicyclic amines) is 1. The van der Waals surface area contributed by atoms with Gasteiger partial charge in [-0.3, -0.25) is 14.4 Å². The predicted molar refractivity (Wildman–Crippen MR) is 136 cm³/mol. The molecule has 2 fully saturated rings. The Kier molecular flexibility index (Phi) is 6.98. The minimum Gasteiger partial charge on any atom is -0.465 e. The van der Waals surface area contributed by atoms with Gasteiger partial charge >= 0.3 is 5.97 Å². The molecule has 1 unspecified atom stereocenters. The van der Waals surface area contributed by atoms with Crippen LogP contribution >= 0.6 is 0 Å². The van der Waals surface area contributed by atoms with Gasteiger partial charge in [0, 0.05) is 13.1 Å². The van der Waals surface area contributed by atoms with E-state index in [0.29, 0.717) is 19.5 Å². The van der Waals surface area contributed by atoms with Crippen LogP contribution in [0, 0.1) is 11.8 Å². The van der Waals surface area contributed by atoms with Crippen LogP contribution in [0.1, 0.15) is 45.1 Å². The zero-order chi connectivity index (χ0) is 26.2. The summed E-state index contributed by atoms with van der Waals surface area (Å²) < 4.78 is 12.6. The molecule has 8 nitrogen and oxygen atoms in total. The van der Waals surface area contributed by atoms with Gasteiger partial charge in [-0.1, -0.05) is 61.6 Å². The van der Waals surface area contributed by atoms with Gasteiger partial charge in [-0.15, -0.1) is 0 Å². The number of hydrogen-bond acceptors (Lipinski definition) is 6. The molecule has 0 bridgehead atoms. The first-order valence-corrected chi connectivity index (χ1v) is 13.4. The van der Waals surface area contributed by atoms with Crippen molar-refractivity contribution in [3.63, 3.8) is 0 Å². The van der Waals surface area contributed by atoms with Gasteiger partial charge in [0.2, 0.25) is 11.8 Å². The predicted octanol–water partition coefficient (Wildman–Crippen LogP) is 2.61. The lowest BCUT2D eigenvalue weighted by atomic mass is 9.73. The summed E-state index contributed by atoms with van der Waals surface area (Å²) in [5.41, 5.74) is -1.44. The van der Waals surface area contributed by atoms with E-state index < -0.39 is 41.1 Å². The first-order chi connectivity index (χ1) is 17.9. The molecule has 4 heterocycles. The van der Waals surface area contributed by atoms with Crippen LogP contribution in [0.2, 0.25) is 0 Å². The summed E-state index contributed by atoms with van der Waals surface area (Å²) in [6.07, 6.45) is 10.6. The molecule has 0 aromatic heterocycles. The largest absolute Gasteiger partial charge is 0.465 e. The van der Waals surface area contributed by atoms with Crippen LogP contribution in [0.3, 0.4) is 0 Å². The summed E-state index contributed by atoms with van der Waals surface area (Å²) in [6.45, 7) is 4.36. The van der Waals surface area contributed by atoms with Crippen LogP contribution in [0.15, 0.2) is 54.6 Å². The average Bonchev–Trinajstić information content (AvgIpc) is 3.28. The first-order valence-electron chi connectivity index (χ1n) is 13.4. The number of esters is 1. The quantitative estimate of drug-likeness (QED) is 0.485. The second kappa shape index (κ2) is 10.1. The maximum absolute atomic E-state index is 14.3. The van der Waals surface area contributed by atoms with Gasteiger partial charge < -0.3 is 24.4 Å². The number of ether oxygens (including phenoxy) is 2. The lowest BCUT2D eigenvalue weighted by molar-refractivity contribution is -0.163. The topological polar surface area (TPSA) is 96.4 Å². The molecule has 2 amide bonds. The Bertz CT molecular complexity index is 1100. The Balaban J connectivity index is 1.63. The third kappa shape index (κ3) is 4.10. The molecule has 0 saturated carbocycles. The number of aliphatic hydroxyl groups is 1. The highest BCUT2D eigenvalue weighted by molar-refractivity contribution is 5.99. The van der Waals surface area contributed by atoms with Crippen LogP contribution < -0.4 is 0 Å². The normalized spacial score (nSPS) is 35.3. The number of benzene rings is 1. The maximum Gasteiger partial charge on any atom is 0.313 e. The zero-order valence-electron chi connectivity index (χ0n) is 21.5. The average molecular weight is 509 g/mol. The number of allylic oxidation sites excluding steroid dienone is 1. The monoisotopic (exact) mass is 508 g/mol. The summed E-state index contributed by atoms with van der Waals surface area (Å²) >= 11 is 0. The van der Waals surface area contributed by atoms with Crippen molar-refractivity contribution in [2.45, 2.75) is 69.4 Å². The van der Waals surface area contributed by atoms with Crippen molar-refractivity contribution < 1.29 is 29.0 Å². The zero-order valence-corrected chi connectivity index (χ0v) is 21.5. The third-order valence-electron chi connectivity index (χ3n) is 8.36. The van der Waals surface area contributed by atoms with Gasteiger partial charge in [-0.2, -0.15) is 0 Å². The summed E-state index contributed by atoms with van der Waals surface area (Å²) in [7, 11) is 0. The molecule has 4 aliphatic heterocycles. The maximum atomic E-state index is 14.3. The Labute approximate surface area is 217 Å². The lowest BCUT2D eigenvalue weighted by Gasteiger charge is -2.40. The minimum absolute atomic E-state index is 0.252. The van der Waals surface area contributed by atoms with Crippen molar-refractivity contribution in [1.29, 1.82) is 0 Å². The second-order valence-corrected chi connectivity index (χ2v) is 10.6. The van der Waals surface area contributed by atoms with Gasteiger partial charge in [-0.05, 0) is 38.2 Å². The smallest absolute Gasteiger partial charge is 0.313 e. The molecule has 1 N–H and O–H groups in total. The summed E-state index contributed by atoms with van der Waals surface area (Å²) in [5.74, 6) is -2.89. The number of hydrogen-bond donors (Lipinski definition) is 1. The molecule has 8 heteroatoms. The molecule has 0 radical (unpaired) electrons. The fourth-order valence-corrected chi connectivity index (χ4v) is 6.53. The van der Waals surface area contributed by atoms with Gasteiger partial charge in [0.1, 0.15) is 23.2 Å². The molecule has 1 aromatic carbocycles. The lowest BCUT2D eigenvalue weighted by Crippen LogP contribution is -2.58. The molecule has 5 rings (SSSR count). The summed E-state index contributed by atoms with van der Waals surface area (Å²) in [5, 5.41) is 10.1. The fraction of sp³-hybridized carbons (Fsp3) is 0.552. The summed E-state index contributed by atoms with van der Waals surface area (Å²) in [4.78, 5) is 45.2. The number of nitrogens with zero attached hydrogens (tertiary/aromatic N) is 2. The van der Waals surface area contributed by atoms with Gasteiger partial charge in [0.15, 0.2) is 0 Å². The molecule has 198 valence electrons. The van der Waals surface area contributed by atoms with Crippen LogP contribution in [0.5, 0.6) is 0 Å². The Morgan fingerprint density at radius 1 is 1.05 bits per heavy atom. The number of rotatable bonds is 5. The highest BCUT2D eigenvalue weighted by Gasteiger charge is 2.75. The molecular weight excluding hydrogens is 472 g/mol. The van der Waals surface area contributed by atoms with Crippen LogP contribution in [-0.4, -0.2) is 75.7 Å². The number of aliphatic hydroxyl groups excluding tert-OH is 1. The van der Waals surface area contributed by atoms with E-state index in [2.05, 4.69) is 0 Å². The highest BCUT2D eigenvalue weighted by Crippen LogP contribution is 2.58. The molecule has 2 saturated heterocycles. The minimum atomic E-state index is -1.35. The number of amides is 2. The molecule has 1 aromatic rings. The molecule has 6 atom stereocenters. The van der Waals surface area contributed by atoms with E-state index >= 15 is 0 Å². The van der Waals surface area contributed by atoms with E-state index in [1.54, 1.807) is 11.8 Å². The van der Waals surface area contributed by atoms with Crippen molar-refractivity contribution in [2.24, 2.45) is 11.8 Å². The van der Waals surface area contributed by atoms with Crippen molar-refractivity contribution >= 4 is 17.8 Å². The van der Waals surface area contributed by atoms with Crippen LogP contribution in [0.25, 0.3) is 0 Å². The fourth-order valence-electron chi connectivity index (χ4n) is 6.53. The van der Waals surface area contributed by atoms with Gasteiger partial charge in [0.05, 0.1) is 25.2 Å². The third-order valence-corrected chi connectivity index (χ3v) is 8.36. The van der Waals surface area contributed by atoms with E-state index in [4.69, 9.17) is 9.47 Å². The van der Waals surface area contributed by atoms with Crippen molar-refractivity contribution in [3.05, 3.63) is 60.2 Å². The van der Waals surface area contributed by atoms with E-state index in [0.717, 1.165) is 24.8 Å². The molecular formula is C29H36N2O6. The Morgan fingerprint density at radius 2 is 1.84 bits per heavy atom. The van der Waals surface area contributed by atoms with Crippen LogP contribution in [-0.2, 0) is 30.4 Å². The number of carbonyl (C=O) groups excluding carboxylic acids is 3. The molecule has 37 heavy (non-hydrogen) atoms. The standard InChI is InChI=1S/C29H36N2O6/c1-3-28-14-9-4-5-10-17-36-27(35)23(28)22-25(33)31(20(2)19-32)24-26(34)30(16-11-15-29(22,24)37-28)18-21-12-7-6-8-13-21/h6-9,11-15,20,22-24,32H,3-5,10,16-19H2,1-2H3/b14-9-/t20-,22+,23+,24?,28-,29+/m1/s1. The Hall–Kier alpha value is -2.97. The summed E-state index contributed by atoms with van der Waals surface area (Å²) in [6, 6.07) is 8.07. The number of fused-ring (bicyclic) bond motifs is 2. The van der Waals surface area contributed by atoms with Gasteiger partial charge in [-0.25, -0.2) is 0 Å². The van der Waals surface area contributed by atoms with Crippen molar-refractivity contribution in [1.82, 2.24) is 9.80 Å². The van der Waals surface area contributed by atoms with Crippen molar-refractivity contribution in [2.75, 3.05) is 19.8 Å².